The molecule has 0 aliphatic rings. The second-order valence-electron chi connectivity index (χ2n) is 4.31. The van der Waals surface area contributed by atoms with E-state index in [0.717, 1.165) is 6.07 Å². The zero-order chi connectivity index (χ0) is 16.5. The fourth-order valence-electron chi connectivity index (χ4n) is 1.73. The Hall–Kier alpha value is -2.07. The smallest absolute Gasteiger partial charge is 0.335 e. The van der Waals surface area contributed by atoms with E-state index in [1.54, 1.807) is 7.05 Å². The van der Waals surface area contributed by atoms with Crippen molar-refractivity contribution >= 4 is 37.6 Å². The fourth-order valence-corrected chi connectivity index (χ4v) is 3.49. The van der Waals surface area contributed by atoms with Crippen molar-refractivity contribution in [2.45, 2.75) is 4.90 Å². The van der Waals surface area contributed by atoms with Crippen molar-refractivity contribution in [2.75, 3.05) is 11.8 Å². The van der Waals surface area contributed by atoms with Gasteiger partial charge in [0.1, 0.15) is 5.69 Å². The van der Waals surface area contributed by atoms with Crippen molar-refractivity contribution in [3.63, 3.8) is 0 Å². The molecular weight excluding hydrogens is 378 g/mol. The number of hydrogen-bond acceptors (Lipinski definition) is 5. The van der Waals surface area contributed by atoms with Crippen molar-refractivity contribution in [2.24, 2.45) is 7.05 Å². The van der Waals surface area contributed by atoms with Crippen LogP contribution in [-0.4, -0.2) is 36.4 Å². The number of benzene rings is 1. The van der Waals surface area contributed by atoms with E-state index in [0.29, 0.717) is 4.47 Å². The van der Waals surface area contributed by atoms with Crippen LogP contribution >= 0.6 is 15.9 Å². The van der Waals surface area contributed by atoms with Crippen LogP contribution in [0.25, 0.3) is 0 Å². The molecule has 1 aromatic carbocycles. The normalized spacial score (nSPS) is 11.2. The largest absolute Gasteiger partial charge is 0.478 e. The monoisotopic (exact) mass is 389 g/mol. The van der Waals surface area contributed by atoms with Gasteiger partial charge in [-0.05, 0) is 18.2 Å². The lowest BCUT2D eigenvalue weighted by molar-refractivity contribution is 0.0696. The molecule has 0 atom stereocenters. The van der Waals surface area contributed by atoms with Crippen molar-refractivity contribution in [3.8, 4) is 5.88 Å². The average Bonchev–Trinajstić information content (AvgIpc) is 2.77. The summed E-state index contributed by atoms with van der Waals surface area (Å²) in [5.41, 5.74) is 0.00903. The molecule has 0 unspecified atom stereocenters. The molecule has 2 N–H and O–H groups in total. The topological polar surface area (TPSA) is 111 Å². The van der Waals surface area contributed by atoms with Crippen LogP contribution in [0.2, 0.25) is 0 Å². The number of rotatable bonds is 5. The number of aromatic carboxylic acids is 1. The standard InChI is InChI=1S/C12H12BrN3O5S/c1-16-6-10(11(14-16)21-2)15-22(19,20)9-4-7(12(17)18)3-8(13)5-9/h3-6,15H,1-2H3,(H,17,18). The lowest BCUT2D eigenvalue weighted by Crippen LogP contribution is -2.14. The number of nitrogens with one attached hydrogen (secondary N) is 1. The highest BCUT2D eigenvalue weighted by molar-refractivity contribution is 9.10. The van der Waals surface area contributed by atoms with Crippen LogP contribution < -0.4 is 9.46 Å². The Morgan fingerprint density at radius 3 is 2.68 bits per heavy atom. The molecule has 0 saturated heterocycles. The van der Waals surface area contributed by atoms with Crippen molar-refractivity contribution in [3.05, 3.63) is 34.4 Å². The first-order chi connectivity index (χ1) is 10.2. The fraction of sp³-hybridized carbons (Fsp3) is 0.167. The van der Waals surface area contributed by atoms with Crippen molar-refractivity contribution in [1.82, 2.24) is 9.78 Å². The molecule has 0 bridgehead atoms. The molecule has 0 fully saturated rings. The third kappa shape index (κ3) is 3.39. The molecule has 10 heteroatoms. The molecule has 22 heavy (non-hydrogen) atoms. The molecule has 0 saturated carbocycles. The number of aromatic nitrogens is 2. The minimum atomic E-state index is -3.99. The minimum absolute atomic E-state index is 0.111. The third-order valence-electron chi connectivity index (χ3n) is 2.66. The second-order valence-corrected chi connectivity index (χ2v) is 6.91. The number of ether oxygens (including phenoxy) is 1. The average molecular weight is 390 g/mol. The van der Waals surface area contributed by atoms with Crippen LogP contribution in [0, 0.1) is 0 Å². The van der Waals surface area contributed by atoms with Crippen LogP contribution in [0.15, 0.2) is 33.8 Å². The molecule has 1 heterocycles. The quantitative estimate of drug-likeness (QED) is 0.804. The van der Waals surface area contributed by atoms with Gasteiger partial charge in [-0.2, -0.15) is 0 Å². The van der Waals surface area contributed by atoms with E-state index in [9.17, 15) is 13.2 Å². The summed E-state index contributed by atoms with van der Waals surface area (Å²) in [4.78, 5) is 10.8. The van der Waals surface area contributed by atoms with Gasteiger partial charge in [-0.25, -0.2) is 13.2 Å². The molecule has 2 aromatic rings. The molecule has 0 spiro atoms. The van der Waals surface area contributed by atoms with Gasteiger partial charge in [0.25, 0.3) is 15.9 Å². The van der Waals surface area contributed by atoms with E-state index in [4.69, 9.17) is 9.84 Å². The summed E-state index contributed by atoms with van der Waals surface area (Å²) < 4.78 is 33.8. The van der Waals surface area contributed by atoms with E-state index in [2.05, 4.69) is 25.8 Å². The van der Waals surface area contributed by atoms with E-state index in [1.165, 1.54) is 30.1 Å². The lowest BCUT2D eigenvalue weighted by atomic mass is 10.2. The van der Waals surface area contributed by atoms with Gasteiger partial charge >= 0.3 is 5.97 Å². The van der Waals surface area contributed by atoms with Crippen LogP contribution in [0.3, 0.4) is 0 Å². The maximum Gasteiger partial charge on any atom is 0.335 e. The number of hydrogen-bond donors (Lipinski definition) is 2. The number of halogens is 1. The highest BCUT2D eigenvalue weighted by atomic mass is 79.9. The number of methoxy groups -OCH3 is 1. The molecule has 2 rings (SSSR count). The number of carbonyl (C=O) groups is 1. The lowest BCUT2D eigenvalue weighted by Gasteiger charge is -2.08. The van der Waals surface area contributed by atoms with Gasteiger partial charge in [-0.3, -0.25) is 9.40 Å². The molecule has 8 nitrogen and oxygen atoms in total. The van der Waals surface area contributed by atoms with Crippen LogP contribution in [0.5, 0.6) is 5.88 Å². The van der Waals surface area contributed by atoms with E-state index < -0.39 is 16.0 Å². The highest BCUT2D eigenvalue weighted by Crippen LogP contribution is 2.26. The number of anilines is 1. The first-order valence-electron chi connectivity index (χ1n) is 5.87. The summed E-state index contributed by atoms with van der Waals surface area (Å²) in [6.07, 6.45) is 1.44. The van der Waals surface area contributed by atoms with Gasteiger partial charge in [0.15, 0.2) is 0 Å². The summed E-state index contributed by atoms with van der Waals surface area (Å²) >= 11 is 3.09. The molecule has 0 amide bonds. The minimum Gasteiger partial charge on any atom is -0.478 e. The van der Waals surface area contributed by atoms with Gasteiger partial charge in [-0.15, -0.1) is 5.10 Å². The van der Waals surface area contributed by atoms with Gasteiger partial charge in [0.2, 0.25) is 0 Å². The summed E-state index contributed by atoms with van der Waals surface area (Å²) in [6, 6.07) is 3.68. The molecular formula is C12H12BrN3O5S. The Morgan fingerprint density at radius 2 is 2.09 bits per heavy atom. The maximum atomic E-state index is 12.4. The zero-order valence-corrected chi connectivity index (χ0v) is 14.0. The number of nitrogens with zero attached hydrogens (tertiary/aromatic N) is 2. The molecule has 0 aliphatic carbocycles. The van der Waals surface area contributed by atoms with E-state index in [1.807, 2.05) is 0 Å². The van der Waals surface area contributed by atoms with E-state index >= 15 is 0 Å². The summed E-state index contributed by atoms with van der Waals surface area (Å²) in [5.74, 6) is -1.11. The maximum absolute atomic E-state index is 12.4. The predicted octanol–water partition coefficient (Wildman–Crippen LogP) is 1.69. The second kappa shape index (κ2) is 5.97. The van der Waals surface area contributed by atoms with Crippen LogP contribution in [0.4, 0.5) is 5.69 Å². The SMILES string of the molecule is COc1nn(C)cc1NS(=O)(=O)c1cc(Br)cc(C(=O)O)c1. The molecule has 1 aromatic heterocycles. The Kier molecular flexibility index (Phi) is 4.42. The predicted molar refractivity (Wildman–Crippen MR) is 81.7 cm³/mol. The number of carboxylic acid groups (broad SMARTS) is 1. The van der Waals surface area contributed by atoms with Crippen LogP contribution in [0.1, 0.15) is 10.4 Å². The van der Waals surface area contributed by atoms with Gasteiger partial charge in [-0.1, -0.05) is 15.9 Å². The summed E-state index contributed by atoms with van der Waals surface area (Å²) in [6.45, 7) is 0. The number of sulfonamides is 1. The van der Waals surface area contributed by atoms with Crippen molar-refractivity contribution < 1.29 is 23.1 Å². The van der Waals surface area contributed by atoms with Crippen LogP contribution in [-0.2, 0) is 17.1 Å². The Morgan fingerprint density at radius 1 is 1.41 bits per heavy atom. The number of aryl methyl sites for hydroxylation is 1. The first-order valence-corrected chi connectivity index (χ1v) is 8.15. The Labute approximate surface area is 134 Å². The van der Waals surface area contributed by atoms with E-state index in [-0.39, 0.29) is 22.0 Å². The summed E-state index contributed by atoms with van der Waals surface area (Å²) in [7, 11) is -1.01. The summed E-state index contributed by atoms with van der Waals surface area (Å²) in [5, 5.41) is 12.9. The van der Waals surface area contributed by atoms with Crippen molar-refractivity contribution in [1.29, 1.82) is 0 Å². The number of carboxylic acids is 1. The van der Waals surface area contributed by atoms with Gasteiger partial charge in [0.05, 0.1) is 23.8 Å². The first kappa shape index (κ1) is 16.3. The zero-order valence-electron chi connectivity index (χ0n) is 11.6. The third-order valence-corrected chi connectivity index (χ3v) is 4.46. The highest BCUT2D eigenvalue weighted by Gasteiger charge is 2.21. The molecule has 0 aliphatic heterocycles. The Bertz CT molecular complexity index is 831. The Balaban J connectivity index is 2.44. The molecule has 0 radical (unpaired) electrons. The molecule has 118 valence electrons. The van der Waals surface area contributed by atoms with Gasteiger partial charge < -0.3 is 9.84 Å². The van der Waals surface area contributed by atoms with Gasteiger partial charge in [0, 0.05) is 11.5 Å².